The van der Waals surface area contributed by atoms with Gasteiger partial charge in [-0.1, -0.05) is 47.5 Å². The second-order valence-electron chi connectivity index (χ2n) is 4.23. The quantitative estimate of drug-likeness (QED) is 0.812. The molecule has 0 aliphatic rings. The maximum absolute atomic E-state index is 13.2. The van der Waals surface area contributed by atoms with Crippen LogP contribution in [0, 0.1) is 5.82 Å². The van der Waals surface area contributed by atoms with Crippen LogP contribution in [0.2, 0.25) is 10.0 Å². The van der Waals surface area contributed by atoms with Crippen LogP contribution in [0.15, 0.2) is 42.5 Å². The number of rotatable bonds is 4. The maximum atomic E-state index is 13.2. The largest absolute Gasteiger partial charge is 0.299 e. The normalized spacial score (nSPS) is 10.5. The average molecular weight is 297 g/mol. The van der Waals surface area contributed by atoms with Gasteiger partial charge in [0.05, 0.1) is 5.02 Å². The molecule has 2 aromatic rings. The summed E-state index contributed by atoms with van der Waals surface area (Å²) < 4.78 is 13.2. The lowest BCUT2D eigenvalue weighted by atomic mass is 10.0. The van der Waals surface area contributed by atoms with E-state index >= 15 is 0 Å². The molecule has 19 heavy (non-hydrogen) atoms. The van der Waals surface area contributed by atoms with Crippen LogP contribution >= 0.6 is 23.2 Å². The molecule has 0 fully saturated rings. The SMILES string of the molecule is O=C(Cc1ccc(Cl)cc1)Cc1cccc(F)c1Cl. The number of hydrogen-bond acceptors (Lipinski definition) is 1. The van der Waals surface area contributed by atoms with E-state index in [-0.39, 0.29) is 23.6 Å². The first-order valence-corrected chi connectivity index (χ1v) is 6.51. The maximum Gasteiger partial charge on any atom is 0.142 e. The topological polar surface area (TPSA) is 17.1 Å². The summed E-state index contributed by atoms with van der Waals surface area (Å²) in [5.74, 6) is -0.520. The number of ketones is 1. The minimum atomic E-state index is -0.501. The van der Waals surface area contributed by atoms with E-state index in [0.717, 1.165) is 5.56 Å². The first-order valence-electron chi connectivity index (χ1n) is 5.75. The molecule has 0 aliphatic carbocycles. The van der Waals surface area contributed by atoms with Crippen LogP contribution in [0.3, 0.4) is 0 Å². The Morgan fingerprint density at radius 3 is 2.37 bits per heavy atom. The summed E-state index contributed by atoms with van der Waals surface area (Å²) in [4.78, 5) is 11.9. The van der Waals surface area contributed by atoms with Gasteiger partial charge < -0.3 is 0 Å². The molecule has 0 radical (unpaired) electrons. The molecule has 1 nitrogen and oxygen atoms in total. The number of benzene rings is 2. The van der Waals surface area contributed by atoms with Crippen molar-refractivity contribution >= 4 is 29.0 Å². The summed E-state index contributed by atoms with van der Waals surface area (Å²) in [7, 11) is 0. The zero-order valence-electron chi connectivity index (χ0n) is 10.00. The van der Waals surface area contributed by atoms with Crippen molar-refractivity contribution in [3.8, 4) is 0 Å². The fraction of sp³-hybridized carbons (Fsp3) is 0.133. The molecule has 4 heteroatoms. The zero-order valence-corrected chi connectivity index (χ0v) is 11.5. The third-order valence-electron chi connectivity index (χ3n) is 2.73. The standard InChI is InChI=1S/C15H11Cl2FO/c16-12-6-4-10(5-7-12)8-13(19)9-11-2-1-3-14(18)15(11)17/h1-7H,8-9H2. The molecule has 98 valence electrons. The number of carbonyl (C=O) groups is 1. The van der Waals surface area contributed by atoms with Gasteiger partial charge in [-0.2, -0.15) is 0 Å². The van der Waals surface area contributed by atoms with Gasteiger partial charge >= 0.3 is 0 Å². The van der Waals surface area contributed by atoms with E-state index in [9.17, 15) is 9.18 Å². The van der Waals surface area contributed by atoms with Crippen molar-refractivity contribution in [2.45, 2.75) is 12.8 Å². The Bertz CT molecular complexity index is 594. The van der Waals surface area contributed by atoms with Crippen LogP contribution in [-0.4, -0.2) is 5.78 Å². The Morgan fingerprint density at radius 2 is 1.68 bits per heavy atom. The number of halogens is 3. The Morgan fingerprint density at radius 1 is 1.00 bits per heavy atom. The highest BCUT2D eigenvalue weighted by atomic mass is 35.5. The monoisotopic (exact) mass is 296 g/mol. The number of Topliss-reactive ketones (excluding diaryl/α,β-unsaturated/α-hetero) is 1. The lowest BCUT2D eigenvalue weighted by molar-refractivity contribution is -0.117. The van der Waals surface area contributed by atoms with E-state index in [0.29, 0.717) is 10.6 Å². The third kappa shape index (κ3) is 3.79. The van der Waals surface area contributed by atoms with Gasteiger partial charge in [-0.15, -0.1) is 0 Å². The average Bonchev–Trinajstić information content (AvgIpc) is 2.38. The van der Waals surface area contributed by atoms with Gasteiger partial charge in [0.2, 0.25) is 0 Å². The Hall–Kier alpha value is -1.38. The first kappa shape index (κ1) is 14.0. The molecule has 0 amide bonds. The van der Waals surface area contributed by atoms with E-state index in [2.05, 4.69) is 0 Å². The highest BCUT2D eigenvalue weighted by molar-refractivity contribution is 6.31. The Balaban J connectivity index is 2.05. The molecule has 0 bridgehead atoms. The summed E-state index contributed by atoms with van der Waals surface area (Å²) in [6.07, 6.45) is 0.406. The van der Waals surface area contributed by atoms with Crippen molar-refractivity contribution < 1.29 is 9.18 Å². The Kier molecular flexibility index (Phi) is 4.56. The van der Waals surface area contributed by atoms with Gasteiger partial charge in [-0.05, 0) is 29.3 Å². The van der Waals surface area contributed by atoms with Gasteiger partial charge in [0.1, 0.15) is 11.6 Å². The molecule has 2 aromatic carbocycles. The molecule has 0 aliphatic heterocycles. The molecule has 0 N–H and O–H groups in total. The van der Waals surface area contributed by atoms with Crippen molar-refractivity contribution in [3.05, 3.63) is 69.5 Å². The Labute approximate surface area is 121 Å². The predicted octanol–water partition coefficient (Wildman–Crippen LogP) is 4.49. The second kappa shape index (κ2) is 6.18. The summed E-state index contributed by atoms with van der Waals surface area (Å²) in [6, 6.07) is 11.5. The van der Waals surface area contributed by atoms with Crippen molar-refractivity contribution in [2.24, 2.45) is 0 Å². The molecule has 0 saturated heterocycles. The fourth-order valence-corrected chi connectivity index (χ4v) is 2.11. The van der Waals surface area contributed by atoms with Gasteiger partial charge in [-0.3, -0.25) is 4.79 Å². The van der Waals surface area contributed by atoms with E-state index < -0.39 is 5.82 Å². The molecule has 0 heterocycles. The fourth-order valence-electron chi connectivity index (χ4n) is 1.79. The smallest absolute Gasteiger partial charge is 0.142 e. The predicted molar refractivity (Wildman–Crippen MR) is 75.3 cm³/mol. The summed E-state index contributed by atoms with van der Waals surface area (Å²) in [5, 5.41) is 0.649. The lowest BCUT2D eigenvalue weighted by Crippen LogP contribution is -2.07. The van der Waals surface area contributed by atoms with Crippen LogP contribution in [0.5, 0.6) is 0 Å². The number of hydrogen-bond donors (Lipinski definition) is 0. The number of carbonyl (C=O) groups excluding carboxylic acids is 1. The van der Waals surface area contributed by atoms with Gasteiger partial charge in [0.25, 0.3) is 0 Å². The van der Waals surface area contributed by atoms with Crippen molar-refractivity contribution in [3.63, 3.8) is 0 Å². The van der Waals surface area contributed by atoms with Crippen molar-refractivity contribution in [2.75, 3.05) is 0 Å². The van der Waals surface area contributed by atoms with E-state index in [1.165, 1.54) is 6.07 Å². The van der Waals surface area contributed by atoms with E-state index in [1.54, 1.807) is 36.4 Å². The highest BCUT2D eigenvalue weighted by Gasteiger charge is 2.10. The summed E-state index contributed by atoms with van der Waals surface area (Å²) >= 11 is 11.6. The summed E-state index contributed by atoms with van der Waals surface area (Å²) in [6.45, 7) is 0. The van der Waals surface area contributed by atoms with Crippen LogP contribution in [0.1, 0.15) is 11.1 Å². The van der Waals surface area contributed by atoms with E-state index in [4.69, 9.17) is 23.2 Å². The first-order chi connectivity index (χ1) is 9.06. The van der Waals surface area contributed by atoms with Crippen LogP contribution < -0.4 is 0 Å². The molecular weight excluding hydrogens is 286 g/mol. The van der Waals surface area contributed by atoms with Crippen LogP contribution in [-0.2, 0) is 17.6 Å². The summed E-state index contributed by atoms with van der Waals surface area (Å²) in [5.41, 5.74) is 1.39. The van der Waals surface area contributed by atoms with Gasteiger partial charge in [0.15, 0.2) is 0 Å². The molecule has 0 atom stereocenters. The minimum Gasteiger partial charge on any atom is -0.299 e. The third-order valence-corrected chi connectivity index (χ3v) is 3.41. The van der Waals surface area contributed by atoms with Crippen molar-refractivity contribution in [1.29, 1.82) is 0 Å². The van der Waals surface area contributed by atoms with Crippen LogP contribution in [0.4, 0.5) is 4.39 Å². The molecule has 0 unspecified atom stereocenters. The van der Waals surface area contributed by atoms with Crippen molar-refractivity contribution in [1.82, 2.24) is 0 Å². The molecular formula is C15H11Cl2FO. The molecule has 0 spiro atoms. The molecule has 0 aromatic heterocycles. The lowest BCUT2D eigenvalue weighted by Gasteiger charge is -2.05. The minimum absolute atomic E-state index is 0.0187. The van der Waals surface area contributed by atoms with Gasteiger partial charge in [-0.25, -0.2) is 4.39 Å². The van der Waals surface area contributed by atoms with Gasteiger partial charge in [0, 0.05) is 17.9 Å². The van der Waals surface area contributed by atoms with Crippen LogP contribution in [0.25, 0.3) is 0 Å². The molecule has 0 saturated carbocycles. The van der Waals surface area contributed by atoms with E-state index in [1.807, 2.05) is 0 Å². The highest BCUT2D eigenvalue weighted by Crippen LogP contribution is 2.20. The second-order valence-corrected chi connectivity index (χ2v) is 5.05. The molecule has 2 rings (SSSR count). The zero-order chi connectivity index (χ0) is 13.8.